The Balaban J connectivity index is 3.54. The number of thiocarbonyl (C=S) groups is 2. The highest BCUT2D eigenvalue weighted by molar-refractivity contribution is 8.89. The van der Waals surface area contributed by atoms with Gasteiger partial charge in [-0.2, -0.15) is 0 Å². The van der Waals surface area contributed by atoms with Crippen molar-refractivity contribution in [3.63, 3.8) is 0 Å². The normalized spacial score (nSPS) is 9.00. The molecule has 0 saturated heterocycles. The summed E-state index contributed by atoms with van der Waals surface area (Å²) in [6.07, 6.45) is 0. The molecule has 1 N–H and O–H groups in total. The maximum atomic E-state index is 5.02. The van der Waals surface area contributed by atoms with Crippen LogP contribution in [0, 0.1) is 0 Å². The zero-order valence-electron chi connectivity index (χ0n) is 6.58. The molecule has 0 aliphatic heterocycles. The first-order valence-electron chi connectivity index (χ1n) is 2.85. The summed E-state index contributed by atoms with van der Waals surface area (Å²) < 4.78 is 1.58. The summed E-state index contributed by atoms with van der Waals surface area (Å²) in [5.41, 5.74) is 0. The average Bonchev–Trinajstić information content (AvgIpc) is 1.99. The highest BCUT2D eigenvalue weighted by Gasteiger charge is 2.01. The van der Waals surface area contributed by atoms with Gasteiger partial charge in [-0.25, -0.2) is 0 Å². The Morgan fingerprint density at radius 3 is 2.18 bits per heavy atom. The topological polar surface area (TPSA) is 15.3 Å². The first-order valence-corrected chi connectivity index (χ1v) is 5.82. The molecular weight excluding hydrogens is 216 g/mol. The molecule has 0 amide bonds. The fourth-order valence-electron chi connectivity index (χ4n) is 0.190. The molecule has 0 aromatic carbocycles. The predicted octanol–water partition coefficient (Wildman–Crippen LogP) is 1.72. The molecule has 2 nitrogen and oxygen atoms in total. The van der Waals surface area contributed by atoms with Crippen molar-refractivity contribution in [2.45, 2.75) is 0 Å². The van der Waals surface area contributed by atoms with Gasteiger partial charge in [0.1, 0.15) is 8.64 Å². The Morgan fingerprint density at radius 1 is 1.27 bits per heavy atom. The van der Waals surface area contributed by atoms with Crippen LogP contribution in [0.15, 0.2) is 0 Å². The molecule has 0 fully saturated rings. The third-order valence-corrected chi connectivity index (χ3v) is 4.63. The van der Waals surface area contributed by atoms with Crippen LogP contribution in [0.2, 0.25) is 0 Å². The highest BCUT2D eigenvalue weighted by Crippen LogP contribution is 2.24. The number of hydrogen-bond acceptors (Lipinski definition) is 4. The lowest BCUT2D eigenvalue weighted by Crippen LogP contribution is -2.16. The van der Waals surface area contributed by atoms with Gasteiger partial charge in [0.15, 0.2) is 0 Å². The molecule has 0 spiro atoms. The molecule has 0 aliphatic rings. The van der Waals surface area contributed by atoms with Gasteiger partial charge in [-0.1, -0.05) is 24.4 Å². The first-order chi connectivity index (χ1) is 5.07. The second-order valence-electron chi connectivity index (χ2n) is 1.86. The van der Waals surface area contributed by atoms with E-state index in [0.717, 1.165) is 8.64 Å². The molecule has 0 atom stereocenters. The molecule has 0 radical (unpaired) electrons. The van der Waals surface area contributed by atoms with Crippen LogP contribution in [0.4, 0.5) is 0 Å². The van der Waals surface area contributed by atoms with Crippen LogP contribution in [0.25, 0.3) is 0 Å². The van der Waals surface area contributed by atoms with Crippen LogP contribution in [-0.2, 0) is 0 Å². The maximum absolute atomic E-state index is 5.02. The van der Waals surface area contributed by atoms with Crippen LogP contribution in [0.1, 0.15) is 0 Å². The van der Waals surface area contributed by atoms with E-state index >= 15 is 0 Å². The van der Waals surface area contributed by atoms with E-state index in [9.17, 15) is 0 Å². The summed E-state index contributed by atoms with van der Waals surface area (Å²) in [6, 6.07) is 0. The Kier molecular flexibility index (Phi) is 6.31. The van der Waals surface area contributed by atoms with E-state index in [2.05, 4.69) is 5.32 Å². The van der Waals surface area contributed by atoms with Crippen LogP contribution < -0.4 is 5.32 Å². The lowest BCUT2D eigenvalue weighted by Gasteiger charge is -2.11. The Bertz CT molecular complexity index is 157. The first kappa shape index (κ1) is 11.5. The van der Waals surface area contributed by atoms with Gasteiger partial charge in [0, 0.05) is 21.1 Å². The van der Waals surface area contributed by atoms with Crippen molar-refractivity contribution in [1.82, 2.24) is 10.2 Å². The number of rotatable bonds is 0. The SMILES string of the molecule is CNC(=S)SSC(=S)N(C)C. The average molecular weight is 226 g/mol. The lowest BCUT2D eigenvalue weighted by molar-refractivity contribution is 0.648. The number of hydrogen-bond donors (Lipinski definition) is 1. The fourth-order valence-corrected chi connectivity index (χ4v) is 2.32. The zero-order valence-corrected chi connectivity index (χ0v) is 9.85. The molecule has 0 aromatic rings. The maximum Gasteiger partial charge on any atom is 0.146 e. The molecule has 11 heavy (non-hydrogen) atoms. The van der Waals surface area contributed by atoms with E-state index < -0.39 is 0 Å². The summed E-state index contributed by atoms with van der Waals surface area (Å²) in [7, 11) is 8.58. The zero-order chi connectivity index (χ0) is 8.85. The predicted molar refractivity (Wildman–Crippen MR) is 63.1 cm³/mol. The summed E-state index contributed by atoms with van der Waals surface area (Å²) in [5, 5.41) is 2.85. The molecule has 0 heterocycles. The molecule has 0 aliphatic carbocycles. The lowest BCUT2D eigenvalue weighted by atomic mass is 11.0. The third kappa shape index (κ3) is 5.72. The molecule has 0 bridgehead atoms. The van der Waals surface area contributed by atoms with Crippen molar-refractivity contribution in [2.75, 3.05) is 21.1 Å². The van der Waals surface area contributed by atoms with Gasteiger partial charge < -0.3 is 10.2 Å². The fraction of sp³-hybridized carbons (Fsp3) is 0.600. The van der Waals surface area contributed by atoms with Crippen LogP contribution in [-0.4, -0.2) is 34.7 Å². The van der Waals surface area contributed by atoms with Gasteiger partial charge in [0.05, 0.1) is 0 Å². The van der Waals surface area contributed by atoms with Crippen molar-refractivity contribution in [2.24, 2.45) is 0 Å². The van der Waals surface area contributed by atoms with E-state index in [0.29, 0.717) is 0 Å². The summed E-state index contributed by atoms with van der Waals surface area (Å²) in [5.74, 6) is 0. The van der Waals surface area contributed by atoms with Gasteiger partial charge in [-0.05, 0) is 21.6 Å². The summed E-state index contributed by atoms with van der Waals surface area (Å²) in [6.45, 7) is 0. The van der Waals surface area contributed by atoms with Crippen LogP contribution in [0.3, 0.4) is 0 Å². The van der Waals surface area contributed by atoms with Gasteiger partial charge in [-0.15, -0.1) is 0 Å². The van der Waals surface area contributed by atoms with Crippen molar-refractivity contribution in [3.8, 4) is 0 Å². The van der Waals surface area contributed by atoms with Gasteiger partial charge in [-0.3, -0.25) is 0 Å². The largest absolute Gasteiger partial charge is 0.373 e. The monoisotopic (exact) mass is 226 g/mol. The third-order valence-electron chi connectivity index (χ3n) is 0.758. The van der Waals surface area contributed by atoms with E-state index in [4.69, 9.17) is 24.4 Å². The minimum Gasteiger partial charge on any atom is -0.373 e. The molecule has 0 saturated carbocycles. The van der Waals surface area contributed by atoms with Crippen LogP contribution >= 0.6 is 46.0 Å². The molecule has 0 aromatic heterocycles. The molecule has 0 rings (SSSR count). The van der Waals surface area contributed by atoms with E-state index in [1.54, 1.807) is 7.05 Å². The minimum absolute atomic E-state index is 0.749. The van der Waals surface area contributed by atoms with Crippen molar-refractivity contribution >= 4 is 54.7 Å². The van der Waals surface area contributed by atoms with Crippen molar-refractivity contribution in [3.05, 3.63) is 0 Å². The molecular formula is C5H10N2S4. The quantitative estimate of drug-likeness (QED) is 0.496. The standard InChI is InChI=1S/C5H10N2S4/c1-6-4(8)10-11-5(9)7(2)3/h1-3H3,(H,6,8). The highest BCUT2D eigenvalue weighted by atomic mass is 33.1. The Morgan fingerprint density at radius 2 is 1.82 bits per heavy atom. The second-order valence-corrected chi connectivity index (χ2v) is 5.30. The smallest absolute Gasteiger partial charge is 0.146 e. The van der Waals surface area contributed by atoms with E-state index in [1.807, 2.05) is 19.0 Å². The van der Waals surface area contributed by atoms with Crippen molar-refractivity contribution < 1.29 is 0 Å². The van der Waals surface area contributed by atoms with Gasteiger partial charge in [0.25, 0.3) is 0 Å². The van der Waals surface area contributed by atoms with Gasteiger partial charge >= 0.3 is 0 Å². The van der Waals surface area contributed by atoms with E-state index in [1.165, 1.54) is 21.6 Å². The Labute approximate surface area is 85.9 Å². The number of nitrogens with one attached hydrogen (secondary N) is 1. The van der Waals surface area contributed by atoms with Crippen molar-refractivity contribution in [1.29, 1.82) is 0 Å². The molecule has 64 valence electrons. The van der Waals surface area contributed by atoms with Crippen LogP contribution in [0.5, 0.6) is 0 Å². The number of nitrogens with zero attached hydrogens (tertiary/aromatic N) is 1. The molecule has 6 heteroatoms. The molecule has 0 unspecified atom stereocenters. The summed E-state index contributed by atoms with van der Waals surface area (Å²) in [4.78, 5) is 1.88. The second kappa shape index (κ2) is 6.05. The van der Waals surface area contributed by atoms with E-state index in [-0.39, 0.29) is 0 Å². The minimum atomic E-state index is 0.749. The summed E-state index contributed by atoms with van der Waals surface area (Å²) >= 11 is 9.94. The van der Waals surface area contributed by atoms with Gasteiger partial charge in [0.2, 0.25) is 0 Å². The Hall–Kier alpha value is 0.480.